The molecule has 0 aliphatic carbocycles. The molecule has 4 heteroatoms. The van der Waals surface area contributed by atoms with Gasteiger partial charge in [-0.3, -0.25) is 0 Å². The van der Waals surface area contributed by atoms with Crippen LogP contribution in [0.5, 0.6) is 0 Å². The largest absolute Gasteiger partial charge is 0.216 e. The lowest BCUT2D eigenvalue weighted by molar-refractivity contribution is 0.602. The monoisotopic (exact) mass is 352 g/mol. The molecule has 2 atom stereocenters. The molecule has 4 rings (SSSR count). The van der Waals surface area contributed by atoms with E-state index in [0.717, 1.165) is 33.0 Å². The quantitative estimate of drug-likeness (QED) is 0.613. The van der Waals surface area contributed by atoms with E-state index in [9.17, 15) is 8.42 Å². The van der Waals surface area contributed by atoms with Crippen LogP contribution in [-0.4, -0.2) is 8.42 Å². The summed E-state index contributed by atoms with van der Waals surface area (Å²) < 4.78 is 26.2. The number of fused-ring (bicyclic) bond motifs is 1. The van der Waals surface area contributed by atoms with Gasteiger partial charge in [0.25, 0.3) is 0 Å². The highest BCUT2D eigenvalue weighted by Crippen LogP contribution is 2.53. The minimum Gasteiger partial charge on any atom is -0.216 e. The first-order valence-corrected chi connectivity index (χ1v) is 10.7. The molecule has 1 aliphatic rings. The Morgan fingerprint density at radius 3 is 1.75 bits per heavy atom. The molecule has 0 aromatic heterocycles. The summed E-state index contributed by atoms with van der Waals surface area (Å²) in [7, 11) is -2.31. The Hall–Kier alpha value is -2.04. The molecule has 1 aliphatic heterocycles. The second-order valence-electron chi connectivity index (χ2n) is 5.80. The predicted octanol–water partition coefficient (Wildman–Crippen LogP) is 4.94. The van der Waals surface area contributed by atoms with E-state index in [-0.39, 0.29) is 5.25 Å². The van der Waals surface area contributed by atoms with E-state index in [1.54, 1.807) is 0 Å². The minimum atomic E-state index is -3.37. The first-order chi connectivity index (χ1) is 11.7. The Balaban J connectivity index is 1.93. The smallest absolute Gasteiger partial charge is 0.213 e. The lowest BCUT2D eigenvalue weighted by Crippen LogP contribution is -2.21. The average Bonchev–Trinajstić information content (AvgIpc) is 2.62. The van der Waals surface area contributed by atoms with Crippen LogP contribution >= 0.6 is 10.8 Å². The molecule has 0 bridgehead atoms. The van der Waals surface area contributed by atoms with Gasteiger partial charge in [0.2, 0.25) is 8.87 Å². The maximum atomic E-state index is 13.1. The number of hydrogen-bond acceptors (Lipinski definition) is 3. The molecule has 0 saturated heterocycles. The third-order valence-corrected chi connectivity index (χ3v) is 8.33. The van der Waals surface area contributed by atoms with Crippen molar-refractivity contribution in [3.05, 3.63) is 107 Å². The van der Waals surface area contributed by atoms with Gasteiger partial charge in [0.1, 0.15) is 5.25 Å². The summed E-state index contributed by atoms with van der Waals surface area (Å²) in [6.07, 6.45) is 0. The number of rotatable bonds is 2. The SMILES string of the molecule is O=S1(=O)SC(c2ccccc2)c2ccccc2C1c1ccccc1. The van der Waals surface area contributed by atoms with Crippen molar-refractivity contribution in [3.8, 4) is 0 Å². The Labute approximate surface area is 145 Å². The summed E-state index contributed by atoms with van der Waals surface area (Å²) in [6.45, 7) is 0. The average molecular weight is 352 g/mol. The van der Waals surface area contributed by atoms with Crippen LogP contribution in [0.15, 0.2) is 84.9 Å². The van der Waals surface area contributed by atoms with Gasteiger partial charge >= 0.3 is 0 Å². The highest BCUT2D eigenvalue weighted by Gasteiger charge is 2.40. The van der Waals surface area contributed by atoms with Gasteiger partial charge in [0, 0.05) is 0 Å². The molecule has 24 heavy (non-hydrogen) atoms. The van der Waals surface area contributed by atoms with Crippen LogP contribution in [0.1, 0.15) is 32.8 Å². The van der Waals surface area contributed by atoms with Crippen LogP contribution in [0.25, 0.3) is 0 Å². The molecule has 0 radical (unpaired) electrons. The topological polar surface area (TPSA) is 34.1 Å². The molecule has 2 unspecified atom stereocenters. The van der Waals surface area contributed by atoms with Gasteiger partial charge < -0.3 is 0 Å². The van der Waals surface area contributed by atoms with Crippen LogP contribution in [0.3, 0.4) is 0 Å². The van der Waals surface area contributed by atoms with Crippen LogP contribution in [0.2, 0.25) is 0 Å². The minimum absolute atomic E-state index is 0.188. The second kappa shape index (κ2) is 6.11. The van der Waals surface area contributed by atoms with E-state index in [2.05, 4.69) is 0 Å². The molecule has 3 aromatic rings. The predicted molar refractivity (Wildman–Crippen MR) is 99.5 cm³/mol. The summed E-state index contributed by atoms with van der Waals surface area (Å²) in [4.78, 5) is 0. The fraction of sp³-hybridized carbons (Fsp3) is 0.100. The fourth-order valence-electron chi connectivity index (χ4n) is 3.22. The Bertz CT molecular complexity index is 951. The summed E-state index contributed by atoms with van der Waals surface area (Å²) in [6, 6.07) is 27.2. The van der Waals surface area contributed by atoms with Crippen molar-refractivity contribution >= 4 is 19.7 Å². The standard InChI is InChI=1S/C20H16O2S2/c21-24(22)20(16-11-5-2-6-12-16)18-14-8-7-13-17(18)19(23-24)15-9-3-1-4-10-15/h1-14,19-20H. The van der Waals surface area contributed by atoms with E-state index in [4.69, 9.17) is 0 Å². The van der Waals surface area contributed by atoms with E-state index in [0.29, 0.717) is 0 Å². The normalized spacial score (nSPS) is 21.8. The Morgan fingerprint density at radius 2 is 1.12 bits per heavy atom. The molecule has 0 spiro atoms. The molecule has 2 nitrogen and oxygen atoms in total. The zero-order chi connectivity index (χ0) is 16.6. The maximum Gasteiger partial charge on any atom is 0.213 e. The van der Waals surface area contributed by atoms with Gasteiger partial charge in [0.05, 0.1) is 5.25 Å². The zero-order valence-corrected chi connectivity index (χ0v) is 14.5. The van der Waals surface area contributed by atoms with Crippen molar-refractivity contribution < 1.29 is 8.42 Å². The van der Waals surface area contributed by atoms with Gasteiger partial charge in [-0.1, -0.05) is 84.9 Å². The van der Waals surface area contributed by atoms with Gasteiger partial charge in [-0.2, -0.15) is 0 Å². The number of benzene rings is 3. The molecular formula is C20H16O2S2. The van der Waals surface area contributed by atoms with Crippen molar-refractivity contribution in [2.24, 2.45) is 0 Å². The van der Waals surface area contributed by atoms with E-state index < -0.39 is 14.1 Å². The van der Waals surface area contributed by atoms with Crippen LogP contribution in [0.4, 0.5) is 0 Å². The molecule has 0 N–H and O–H groups in total. The molecule has 120 valence electrons. The number of hydrogen-bond donors (Lipinski definition) is 0. The zero-order valence-electron chi connectivity index (χ0n) is 12.9. The Morgan fingerprint density at radius 1 is 0.625 bits per heavy atom. The van der Waals surface area contributed by atoms with Crippen molar-refractivity contribution in [2.45, 2.75) is 10.5 Å². The van der Waals surface area contributed by atoms with Gasteiger partial charge in [-0.25, -0.2) is 8.42 Å². The van der Waals surface area contributed by atoms with Crippen LogP contribution in [-0.2, 0) is 8.87 Å². The van der Waals surface area contributed by atoms with E-state index in [1.165, 1.54) is 0 Å². The fourth-order valence-corrected chi connectivity index (χ4v) is 7.63. The summed E-state index contributed by atoms with van der Waals surface area (Å²) in [5.74, 6) is 0. The van der Waals surface area contributed by atoms with Crippen LogP contribution < -0.4 is 0 Å². The first kappa shape index (κ1) is 15.5. The molecule has 3 aromatic carbocycles. The molecular weight excluding hydrogens is 336 g/mol. The highest BCUT2D eigenvalue weighted by atomic mass is 33.1. The van der Waals surface area contributed by atoms with Crippen molar-refractivity contribution in [1.82, 2.24) is 0 Å². The first-order valence-electron chi connectivity index (χ1n) is 7.77. The second-order valence-corrected chi connectivity index (χ2v) is 9.89. The van der Waals surface area contributed by atoms with Gasteiger partial charge in [0.15, 0.2) is 0 Å². The molecule has 0 saturated carbocycles. The summed E-state index contributed by atoms with van der Waals surface area (Å²) in [5, 5.41) is -0.799. The highest BCUT2D eigenvalue weighted by molar-refractivity contribution is 8.72. The lowest BCUT2D eigenvalue weighted by atomic mass is 9.94. The van der Waals surface area contributed by atoms with Crippen molar-refractivity contribution in [3.63, 3.8) is 0 Å². The maximum absolute atomic E-state index is 13.1. The van der Waals surface area contributed by atoms with E-state index >= 15 is 0 Å². The molecule has 0 fully saturated rings. The van der Waals surface area contributed by atoms with Gasteiger partial charge in [-0.05, 0) is 33.0 Å². The van der Waals surface area contributed by atoms with Crippen LogP contribution in [0, 0.1) is 0 Å². The van der Waals surface area contributed by atoms with Crippen molar-refractivity contribution in [1.29, 1.82) is 0 Å². The Kier molecular flexibility index (Phi) is 3.94. The third-order valence-electron chi connectivity index (χ3n) is 4.28. The van der Waals surface area contributed by atoms with E-state index in [1.807, 2.05) is 84.9 Å². The summed E-state index contributed by atoms with van der Waals surface area (Å²) in [5.41, 5.74) is 3.81. The molecule has 0 amide bonds. The lowest BCUT2D eigenvalue weighted by Gasteiger charge is -2.31. The summed E-state index contributed by atoms with van der Waals surface area (Å²) >= 11 is 0. The van der Waals surface area contributed by atoms with Gasteiger partial charge in [-0.15, -0.1) is 0 Å². The third kappa shape index (κ3) is 2.66. The molecule has 1 heterocycles. The van der Waals surface area contributed by atoms with Crippen molar-refractivity contribution in [2.75, 3.05) is 0 Å².